The molecule has 2 fully saturated rings. The van der Waals surface area contributed by atoms with E-state index in [1.54, 1.807) is 6.20 Å². The summed E-state index contributed by atoms with van der Waals surface area (Å²) in [6.45, 7) is 4.24. The molecule has 1 spiro atoms. The van der Waals surface area contributed by atoms with Gasteiger partial charge in [-0.2, -0.15) is 0 Å². The van der Waals surface area contributed by atoms with Gasteiger partial charge in [0.1, 0.15) is 5.69 Å². The fraction of sp³-hybridized carbons (Fsp3) is 0.647. The molecule has 1 atom stereocenters. The van der Waals surface area contributed by atoms with Gasteiger partial charge in [0.05, 0.1) is 5.60 Å². The average Bonchev–Trinajstić information content (AvgIpc) is 2.55. The van der Waals surface area contributed by atoms with Crippen LogP contribution in [0.5, 0.6) is 0 Å². The highest BCUT2D eigenvalue weighted by molar-refractivity contribution is 5.93. The largest absolute Gasteiger partial charge is 0.381 e. The van der Waals surface area contributed by atoms with Gasteiger partial charge in [-0.3, -0.25) is 9.78 Å². The van der Waals surface area contributed by atoms with Crippen molar-refractivity contribution >= 4 is 5.91 Å². The third kappa shape index (κ3) is 3.31. The molecule has 0 radical (unpaired) electrons. The summed E-state index contributed by atoms with van der Waals surface area (Å²) in [5, 5.41) is 3.16. The van der Waals surface area contributed by atoms with Crippen molar-refractivity contribution in [3.63, 3.8) is 0 Å². The molecular formula is C17H24N2O3. The smallest absolute Gasteiger partial charge is 0.270 e. The Labute approximate surface area is 131 Å². The predicted octanol–water partition coefficient (Wildman–Crippen LogP) is 2.10. The molecule has 0 saturated carbocycles. The van der Waals surface area contributed by atoms with E-state index in [4.69, 9.17) is 9.47 Å². The van der Waals surface area contributed by atoms with E-state index in [1.807, 2.05) is 19.1 Å². The van der Waals surface area contributed by atoms with Crippen LogP contribution in [0.3, 0.4) is 0 Å². The van der Waals surface area contributed by atoms with Gasteiger partial charge in [0.25, 0.3) is 5.91 Å². The van der Waals surface area contributed by atoms with Gasteiger partial charge in [-0.25, -0.2) is 0 Å². The van der Waals surface area contributed by atoms with E-state index >= 15 is 0 Å². The minimum atomic E-state index is -0.105. The molecule has 3 rings (SSSR count). The van der Waals surface area contributed by atoms with Crippen LogP contribution in [0.15, 0.2) is 18.3 Å². The number of carbonyl (C=O) groups excluding carboxylic acids is 1. The summed E-state index contributed by atoms with van der Waals surface area (Å²) in [4.78, 5) is 16.8. The molecule has 2 aliphatic heterocycles. The molecule has 5 nitrogen and oxygen atoms in total. The van der Waals surface area contributed by atoms with Crippen molar-refractivity contribution in [2.45, 2.75) is 50.7 Å². The Hall–Kier alpha value is -1.46. The molecule has 1 aromatic rings. The number of nitrogens with zero attached hydrogens (tertiary/aromatic N) is 1. The monoisotopic (exact) mass is 304 g/mol. The van der Waals surface area contributed by atoms with E-state index in [2.05, 4.69) is 10.3 Å². The molecule has 0 aromatic carbocycles. The molecule has 2 saturated heterocycles. The first kappa shape index (κ1) is 15.4. The highest BCUT2D eigenvalue weighted by Gasteiger charge is 2.39. The van der Waals surface area contributed by atoms with Crippen LogP contribution in [-0.2, 0) is 15.9 Å². The van der Waals surface area contributed by atoms with E-state index in [1.165, 1.54) is 0 Å². The number of aromatic nitrogens is 1. The first-order valence-corrected chi connectivity index (χ1v) is 8.19. The van der Waals surface area contributed by atoms with E-state index < -0.39 is 0 Å². The fourth-order valence-corrected chi connectivity index (χ4v) is 3.42. The summed E-state index contributed by atoms with van der Waals surface area (Å²) in [5.41, 5.74) is 1.44. The van der Waals surface area contributed by atoms with Crippen molar-refractivity contribution in [1.29, 1.82) is 0 Å². The molecule has 0 aliphatic carbocycles. The number of hydrogen-bond acceptors (Lipinski definition) is 4. The third-order valence-electron chi connectivity index (χ3n) is 4.72. The van der Waals surface area contributed by atoms with Crippen LogP contribution in [0, 0.1) is 0 Å². The number of amides is 1. The number of carbonyl (C=O) groups is 1. The Kier molecular flexibility index (Phi) is 4.74. The number of nitrogens with one attached hydrogen (secondary N) is 1. The summed E-state index contributed by atoms with van der Waals surface area (Å²) in [5.74, 6) is -0.0634. The average molecular weight is 304 g/mol. The Morgan fingerprint density at radius 1 is 1.41 bits per heavy atom. The van der Waals surface area contributed by atoms with Crippen LogP contribution >= 0.6 is 0 Å². The van der Waals surface area contributed by atoms with Gasteiger partial charge in [-0.05, 0) is 43.7 Å². The van der Waals surface area contributed by atoms with Gasteiger partial charge in [0.15, 0.2) is 0 Å². The quantitative estimate of drug-likeness (QED) is 0.929. The zero-order chi connectivity index (χ0) is 15.4. The van der Waals surface area contributed by atoms with Crippen LogP contribution in [0.1, 0.15) is 48.7 Å². The Morgan fingerprint density at radius 3 is 3.00 bits per heavy atom. The Bertz CT molecular complexity index is 521. The van der Waals surface area contributed by atoms with Crippen molar-refractivity contribution in [2.24, 2.45) is 0 Å². The van der Waals surface area contributed by atoms with Crippen LogP contribution in [-0.4, -0.2) is 42.4 Å². The predicted molar refractivity (Wildman–Crippen MR) is 82.8 cm³/mol. The van der Waals surface area contributed by atoms with Crippen LogP contribution in [0.2, 0.25) is 0 Å². The summed E-state index contributed by atoms with van der Waals surface area (Å²) < 4.78 is 11.5. The lowest BCUT2D eigenvalue weighted by atomic mass is 9.84. The van der Waals surface area contributed by atoms with Crippen molar-refractivity contribution in [3.8, 4) is 0 Å². The SMILES string of the molecule is CCc1cccnc1C(=O)NC1CCOC2(CCOCC2)C1. The van der Waals surface area contributed by atoms with E-state index in [0.29, 0.717) is 12.3 Å². The summed E-state index contributed by atoms with van der Waals surface area (Å²) >= 11 is 0. The van der Waals surface area contributed by atoms with Crippen molar-refractivity contribution in [3.05, 3.63) is 29.6 Å². The number of rotatable bonds is 3. The molecule has 120 valence electrons. The number of aryl methyl sites for hydroxylation is 1. The maximum absolute atomic E-state index is 12.5. The van der Waals surface area contributed by atoms with Crippen molar-refractivity contribution in [2.75, 3.05) is 19.8 Å². The molecule has 1 unspecified atom stereocenters. The Morgan fingerprint density at radius 2 is 2.23 bits per heavy atom. The fourth-order valence-electron chi connectivity index (χ4n) is 3.42. The maximum atomic E-state index is 12.5. The first-order valence-electron chi connectivity index (χ1n) is 8.19. The minimum absolute atomic E-state index is 0.0634. The lowest BCUT2D eigenvalue weighted by molar-refractivity contribution is -0.139. The lowest BCUT2D eigenvalue weighted by Crippen LogP contribution is -2.51. The molecular weight excluding hydrogens is 280 g/mol. The van der Waals surface area contributed by atoms with Crippen LogP contribution < -0.4 is 5.32 Å². The summed E-state index contributed by atoms with van der Waals surface area (Å²) in [6.07, 6.45) is 6.06. The van der Waals surface area contributed by atoms with E-state index in [9.17, 15) is 4.79 Å². The van der Waals surface area contributed by atoms with Crippen LogP contribution in [0.4, 0.5) is 0 Å². The molecule has 0 bridgehead atoms. The summed E-state index contributed by atoms with van der Waals surface area (Å²) in [6, 6.07) is 4.00. The topological polar surface area (TPSA) is 60.5 Å². The van der Waals surface area contributed by atoms with Gasteiger partial charge < -0.3 is 14.8 Å². The number of hydrogen-bond donors (Lipinski definition) is 1. The van der Waals surface area contributed by atoms with E-state index in [-0.39, 0.29) is 17.6 Å². The minimum Gasteiger partial charge on any atom is -0.381 e. The van der Waals surface area contributed by atoms with Gasteiger partial charge in [-0.1, -0.05) is 13.0 Å². The highest BCUT2D eigenvalue weighted by Crippen LogP contribution is 2.34. The molecule has 1 amide bonds. The van der Waals surface area contributed by atoms with Crippen molar-refractivity contribution in [1.82, 2.24) is 10.3 Å². The zero-order valence-corrected chi connectivity index (χ0v) is 13.1. The highest BCUT2D eigenvalue weighted by atomic mass is 16.5. The second-order valence-corrected chi connectivity index (χ2v) is 6.17. The lowest BCUT2D eigenvalue weighted by Gasteiger charge is -2.43. The van der Waals surface area contributed by atoms with Crippen LogP contribution in [0.25, 0.3) is 0 Å². The maximum Gasteiger partial charge on any atom is 0.270 e. The summed E-state index contributed by atoms with van der Waals surface area (Å²) in [7, 11) is 0. The number of pyridine rings is 1. The zero-order valence-electron chi connectivity index (χ0n) is 13.1. The van der Waals surface area contributed by atoms with Gasteiger partial charge in [0.2, 0.25) is 0 Å². The first-order chi connectivity index (χ1) is 10.7. The van der Waals surface area contributed by atoms with Crippen molar-refractivity contribution < 1.29 is 14.3 Å². The molecule has 1 aromatic heterocycles. The molecule has 2 aliphatic rings. The molecule has 3 heterocycles. The second-order valence-electron chi connectivity index (χ2n) is 6.17. The van der Waals surface area contributed by atoms with Gasteiger partial charge in [-0.15, -0.1) is 0 Å². The standard InChI is InChI=1S/C17H24N2O3/c1-2-13-4-3-8-18-15(13)16(20)19-14-5-9-22-17(12-14)6-10-21-11-7-17/h3-4,8,14H,2,5-7,9-12H2,1H3,(H,19,20). The normalized spacial score (nSPS) is 24.1. The van der Waals surface area contributed by atoms with Gasteiger partial charge >= 0.3 is 0 Å². The molecule has 5 heteroatoms. The Balaban J connectivity index is 1.66. The van der Waals surface area contributed by atoms with Gasteiger partial charge in [0, 0.05) is 32.1 Å². The molecule has 22 heavy (non-hydrogen) atoms. The van der Waals surface area contributed by atoms with E-state index in [0.717, 1.165) is 50.9 Å². The third-order valence-corrected chi connectivity index (χ3v) is 4.72. The second kappa shape index (κ2) is 6.75. The number of ether oxygens (including phenoxy) is 2. The molecule has 1 N–H and O–H groups in total.